The van der Waals surface area contributed by atoms with Crippen LogP contribution in [-0.2, 0) is 26.3 Å². The maximum absolute atomic E-state index is 12.6. The molecule has 0 amide bonds. The minimum Gasteiger partial charge on any atom is -0.361 e. The average molecular weight is 548 g/mol. The van der Waals surface area contributed by atoms with Gasteiger partial charge in [-0.15, -0.1) is 29.8 Å². The van der Waals surface area contributed by atoms with Crippen LogP contribution in [0.1, 0.15) is 5.56 Å². The SMILES string of the molecule is Fc1c[c-]c(-c2ccc(C(F)(F)F)cn2)cc1.OC(O)C(F)(F)F.[Ir]. The van der Waals surface area contributed by atoms with Crippen molar-refractivity contribution in [3.8, 4) is 11.3 Å². The molecule has 2 aromatic rings. The van der Waals surface area contributed by atoms with Crippen molar-refractivity contribution < 1.29 is 61.1 Å². The molecular weight excluding hydrogens is 539 g/mol. The predicted molar refractivity (Wildman–Crippen MR) is 67.7 cm³/mol. The summed E-state index contributed by atoms with van der Waals surface area (Å²) >= 11 is 0. The molecule has 1 radical (unpaired) electrons. The van der Waals surface area contributed by atoms with Gasteiger partial charge in [0, 0.05) is 32.1 Å². The van der Waals surface area contributed by atoms with Gasteiger partial charge in [-0.1, -0.05) is 12.1 Å². The zero-order valence-corrected chi connectivity index (χ0v) is 14.3. The van der Waals surface area contributed by atoms with Gasteiger partial charge in [-0.3, -0.25) is 4.39 Å². The van der Waals surface area contributed by atoms with E-state index in [1.54, 1.807) is 0 Å². The fraction of sp³-hybridized carbons (Fsp3) is 0.214. The molecule has 0 aliphatic rings. The minimum atomic E-state index is -4.89. The van der Waals surface area contributed by atoms with Gasteiger partial charge in [-0.25, -0.2) is 0 Å². The molecule has 1 heterocycles. The van der Waals surface area contributed by atoms with Gasteiger partial charge in [0.25, 0.3) is 6.29 Å². The van der Waals surface area contributed by atoms with E-state index in [0.717, 1.165) is 18.3 Å². The van der Waals surface area contributed by atoms with E-state index in [1.807, 2.05) is 0 Å². The van der Waals surface area contributed by atoms with E-state index in [0.29, 0.717) is 11.3 Å². The first-order chi connectivity index (χ1) is 10.9. The Bertz CT molecular complexity index is 640. The molecule has 0 saturated carbocycles. The number of halogens is 7. The maximum atomic E-state index is 12.6. The number of rotatable bonds is 1. The largest absolute Gasteiger partial charge is 0.439 e. The van der Waals surface area contributed by atoms with Crippen LogP contribution in [0.15, 0.2) is 36.5 Å². The molecule has 141 valence electrons. The molecule has 0 aliphatic carbocycles. The predicted octanol–water partition coefficient (Wildman–Crippen LogP) is 3.56. The standard InChI is InChI=1S/C12H6F4N.C2H3F3O2.Ir/c13-10-4-1-8(2-5-10)11-6-3-9(7-17-11)12(14,15)16;3-2(4,5)1(6)7;/h1,3-7H;1,6-7H;/q-1;;. The summed E-state index contributed by atoms with van der Waals surface area (Å²) < 4.78 is 81.5. The first-order valence-electron chi connectivity index (χ1n) is 6.05. The monoisotopic (exact) mass is 549 g/mol. The number of nitrogens with zero attached hydrogens (tertiary/aromatic N) is 1. The molecule has 0 saturated heterocycles. The number of alkyl halides is 6. The third-order valence-corrected chi connectivity index (χ3v) is 2.43. The van der Waals surface area contributed by atoms with Crippen molar-refractivity contribution in [2.24, 2.45) is 0 Å². The second-order valence-electron chi connectivity index (χ2n) is 4.27. The van der Waals surface area contributed by atoms with Crippen molar-refractivity contribution in [2.75, 3.05) is 0 Å². The van der Waals surface area contributed by atoms with E-state index in [4.69, 9.17) is 10.2 Å². The van der Waals surface area contributed by atoms with Crippen LogP contribution >= 0.6 is 0 Å². The fourth-order valence-electron chi connectivity index (χ4n) is 1.29. The second-order valence-corrected chi connectivity index (χ2v) is 4.27. The Hall–Kier alpha value is -1.55. The van der Waals surface area contributed by atoms with Gasteiger partial charge in [0.1, 0.15) is 0 Å². The Balaban J connectivity index is 0.000000620. The molecule has 11 heteroatoms. The Kier molecular flexibility index (Phi) is 8.66. The molecule has 0 fully saturated rings. The second kappa shape index (κ2) is 9.23. The van der Waals surface area contributed by atoms with Gasteiger partial charge in [0.05, 0.1) is 5.56 Å². The van der Waals surface area contributed by atoms with Crippen molar-refractivity contribution in [1.82, 2.24) is 4.98 Å². The van der Waals surface area contributed by atoms with Gasteiger partial charge in [-0.05, 0) is 5.69 Å². The molecule has 1 aromatic carbocycles. The molecule has 25 heavy (non-hydrogen) atoms. The van der Waals surface area contributed by atoms with Gasteiger partial charge in [0.2, 0.25) is 0 Å². The summed E-state index contributed by atoms with van der Waals surface area (Å²) in [6, 6.07) is 8.46. The summed E-state index contributed by atoms with van der Waals surface area (Å²) in [7, 11) is 0. The van der Waals surface area contributed by atoms with Crippen LogP contribution in [0.25, 0.3) is 11.3 Å². The Morgan fingerprint density at radius 3 is 1.84 bits per heavy atom. The quantitative estimate of drug-likeness (QED) is 0.326. The van der Waals surface area contributed by atoms with E-state index < -0.39 is 30.0 Å². The molecule has 0 unspecified atom stereocenters. The summed E-state index contributed by atoms with van der Waals surface area (Å²) in [5.74, 6) is -0.458. The number of pyridine rings is 1. The van der Waals surface area contributed by atoms with Crippen LogP contribution in [-0.4, -0.2) is 27.7 Å². The molecule has 0 atom stereocenters. The molecule has 1 aromatic heterocycles. The Morgan fingerprint density at radius 1 is 0.960 bits per heavy atom. The molecular formula is C14H9F7IrNO2-. The number of hydrogen-bond acceptors (Lipinski definition) is 3. The van der Waals surface area contributed by atoms with Gasteiger partial charge >= 0.3 is 12.4 Å². The third kappa shape index (κ3) is 7.91. The van der Waals surface area contributed by atoms with Crippen molar-refractivity contribution in [3.05, 3.63) is 54.0 Å². The van der Waals surface area contributed by atoms with Crippen LogP contribution < -0.4 is 0 Å². The van der Waals surface area contributed by atoms with Gasteiger partial charge in [0.15, 0.2) is 0 Å². The van der Waals surface area contributed by atoms with Crippen LogP contribution in [0.3, 0.4) is 0 Å². The van der Waals surface area contributed by atoms with Crippen molar-refractivity contribution >= 4 is 0 Å². The average Bonchev–Trinajstić information content (AvgIpc) is 2.47. The number of aliphatic hydroxyl groups is 2. The first kappa shape index (κ1) is 23.4. The van der Waals surface area contributed by atoms with E-state index >= 15 is 0 Å². The van der Waals surface area contributed by atoms with Gasteiger partial charge < -0.3 is 15.2 Å². The van der Waals surface area contributed by atoms with Crippen molar-refractivity contribution in [3.63, 3.8) is 0 Å². The molecule has 3 nitrogen and oxygen atoms in total. The number of aromatic nitrogens is 1. The van der Waals surface area contributed by atoms with Gasteiger partial charge in [-0.2, -0.15) is 26.3 Å². The molecule has 0 bridgehead atoms. The van der Waals surface area contributed by atoms with E-state index in [9.17, 15) is 30.7 Å². The molecule has 0 spiro atoms. The summed E-state index contributed by atoms with van der Waals surface area (Å²) in [5.41, 5.74) is -0.0542. The van der Waals surface area contributed by atoms with Crippen LogP contribution in [0, 0.1) is 11.9 Å². The Morgan fingerprint density at radius 2 is 1.52 bits per heavy atom. The van der Waals surface area contributed by atoms with Crippen LogP contribution in [0.2, 0.25) is 0 Å². The third-order valence-electron chi connectivity index (χ3n) is 2.43. The summed E-state index contributed by atoms with van der Waals surface area (Å²) in [6.07, 6.45) is -11.8. The summed E-state index contributed by atoms with van der Waals surface area (Å²) in [5, 5.41) is 14.6. The zero-order chi connectivity index (χ0) is 18.5. The number of hydrogen-bond donors (Lipinski definition) is 2. The first-order valence-corrected chi connectivity index (χ1v) is 6.05. The maximum Gasteiger partial charge on any atom is 0.439 e. The smallest absolute Gasteiger partial charge is 0.361 e. The molecule has 2 N–H and O–H groups in total. The summed E-state index contributed by atoms with van der Waals surface area (Å²) in [6.45, 7) is 0. The van der Waals surface area contributed by atoms with E-state index in [2.05, 4.69) is 11.1 Å². The number of aliphatic hydroxyl groups excluding tert-OH is 1. The summed E-state index contributed by atoms with van der Waals surface area (Å²) in [4.78, 5) is 3.67. The van der Waals surface area contributed by atoms with E-state index in [-0.39, 0.29) is 20.1 Å². The molecule has 0 aliphatic heterocycles. The van der Waals surface area contributed by atoms with E-state index in [1.165, 1.54) is 18.2 Å². The normalized spacial score (nSPS) is 11.4. The van der Waals surface area contributed by atoms with Crippen molar-refractivity contribution in [1.29, 1.82) is 0 Å². The minimum absolute atomic E-state index is 0. The topological polar surface area (TPSA) is 53.4 Å². The van der Waals surface area contributed by atoms with Crippen LogP contribution in [0.5, 0.6) is 0 Å². The van der Waals surface area contributed by atoms with Crippen LogP contribution in [0.4, 0.5) is 30.7 Å². The number of benzene rings is 1. The Labute approximate surface area is 150 Å². The molecule has 2 rings (SSSR count). The zero-order valence-electron chi connectivity index (χ0n) is 11.9. The van der Waals surface area contributed by atoms with Crippen molar-refractivity contribution in [2.45, 2.75) is 18.6 Å². The fourth-order valence-corrected chi connectivity index (χ4v) is 1.29.